The number of likely N-dealkylation sites (tertiary alicyclic amines) is 1. The van der Waals surface area contributed by atoms with Crippen molar-refractivity contribution < 1.29 is 33.5 Å². The number of methoxy groups -OCH3 is 1. The first-order valence-corrected chi connectivity index (χ1v) is 17.7. The minimum atomic E-state index is -1.07. The van der Waals surface area contributed by atoms with Crippen LogP contribution in [0.5, 0.6) is 0 Å². The highest BCUT2D eigenvalue weighted by Crippen LogP contribution is 2.39. The Labute approximate surface area is 287 Å². The lowest BCUT2D eigenvalue weighted by Crippen LogP contribution is -2.59. The lowest BCUT2D eigenvalue weighted by molar-refractivity contribution is -0.146. The zero-order valence-corrected chi connectivity index (χ0v) is 28.9. The Morgan fingerprint density at radius 2 is 1.85 bits per heavy atom. The van der Waals surface area contributed by atoms with Crippen molar-refractivity contribution in [3.8, 4) is 0 Å². The van der Waals surface area contributed by atoms with Crippen LogP contribution < -0.4 is 16.0 Å². The molecular formula is C35H48ClN5O7. The largest absolute Gasteiger partial charge is 0.387 e. The smallest absolute Gasteiger partial charge is 0.289 e. The van der Waals surface area contributed by atoms with E-state index in [4.69, 9.17) is 21.2 Å². The number of oxime groups is 1. The maximum absolute atomic E-state index is 14.4. The molecular weight excluding hydrogens is 638 g/mol. The van der Waals surface area contributed by atoms with Crippen LogP contribution in [0.4, 0.5) is 0 Å². The normalized spacial score (nSPS) is 24.3. The van der Waals surface area contributed by atoms with Crippen molar-refractivity contribution in [3.63, 3.8) is 0 Å². The van der Waals surface area contributed by atoms with Crippen LogP contribution in [0.15, 0.2) is 29.4 Å². The molecule has 5 atom stereocenters. The van der Waals surface area contributed by atoms with Crippen molar-refractivity contribution in [2.24, 2.45) is 11.1 Å². The molecule has 2 saturated carbocycles. The van der Waals surface area contributed by atoms with Crippen molar-refractivity contribution in [2.45, 2.75) is 127 Å². The fraction of sp³-hybridized carbons (Fsp3) is 0.657. The number of benzene rings is 1. The molecule has 4 aliphatic rings. The summed E-state index contributed by atoms with van der Waals surface area (Å²) in [5.41, 5.74) is 0.362. The maximum Gasteiger partial charge on any atom is 0.289 e. The Bertz CT molecular complexity index is 1410. The van der Waals surface area contributed by atoms with Crippen molar-refractivity contribution in [1.29, 1.82) is 0 Å². The lowest BCUT2D eigenvalue weighted by Gasteiger charge is -2.32. The summed E-state index contributed by atoms with van der Waals surface area (Å²) in [7, 11) is 1.47. The fourth-order valence-electron chi connectivity index (χ4n) is 7.00. The molecule has 0 bridgehead atoms. The first-order valence-electron chi connectivity index (χ1n) is 17.3. The van der Waals surface area contributed by atoms with Gasteiger partial charge in [-0.05, 0) is 57.1 Å². The number of carbonyl (C=O) groups is 5. The summed E-state index contributed by atoms with van der Waals surface area (Å²) in [5.74, 6) is -2.49. The van der Waals surface area contributed by atoms with Crippen LogP contribution >= 0.6 is 11.6 Å². The number of ether oxygens (including phenoxy) is 1. The van der Waals surface area contributed by atoms with Gasteiger partial charge in [0.2, 0.25) is 23.5 Å². The molecule has 1 unspecified atom stereocenters. The highest BCUT2D eigenvalue weighted by Gasteiger charge is 2.55. The summed E-state index contributed by atoms with van der Waals surface area (Å²) < 4.78 is 5.56. The molecule has 2 aliphatic carbocycles. The van der Waals surface area contributed by atoms with Gasteiger partial charge in [0.15, 0.2) is 5.60 Å². The minimum Gasteiger partial charge on any atom is -0.387 e. The van der Waals surface area contributed by atoms with E-state index in [-0.39, 0.29) is 37.3 Å². The standard InChI is InChI=1S/C35H48ClN5O7/c1-4-9-26(31(43)33(45)37-25-14-15-25)38-32(44)28-19-35(18-27(40-48-35)23-12-8-13-24(36)17-23)20-41(28)34(46)30(21(2)47-3)39-29(42)16-22-10-6-5-7-11-22/h8,12-13,17,21-22,25-26,28,30H,4-7,9-11,14-16,18-20H2,1-3H3,(H,37,45)(H,38,44)(H,39,42)/t21?,26-,28-,30-,35+/m0/s1. The Morgan fingerprint density at radius 1 is 1.10 bits per heavy atom. The SMILES string of the molecule is CCC[C@H](NC(=O)[C@@H]1C[C@]2(CC(c3cccc(Cl)c3)=NO2)CN1C(=O)[C@@H](NC(=O)CC1CCCCC1)C(C)OC)C(=O)C(=O)NC1CC1. The Hall–Kier alpha value is -3.51. The molecule has 13 heteroatoms. The third kappa shape index (κ3) is 8.74. The third-order valence-electron chi connectivity index (χ3n) is 9.95. The molecule has 1 saturated heterocycles. The Balaban J connectivity index is 1.37. The van der Waals surface area contributed by atoms with Gasteiger partial charge in [0.25, 0.3) is 5.91 Å². The van der Waals surface area contributed by atoms with Gasteiger partial charge in [0.05, 0.1) is 24.4 Å². The highest BCUT2D eigenvalue weighted by molar-refractivity contribution is 6.38. The highest BCUT2D eigenvalue weighted by atomic mass is 35.5. The number of hydrogen-bond acceptors (Lipinski definition) is 8. The predicted octanol–water partition coefficient (Wildman–Crippen LogP) is 3.43. The van der Waals surface area contributed by atoms with Gasteiger partial charge in [-0.25, -0.2) is 0 Å². The van der Waals surface area contributed by atoms with Gasteiger partial charge >= 0.3 is 0 Å². The van der Waals surface area contributed by atoms with Gasteiger partial charge in [0.1, 0.15) is 12.1 Å². The second-order valence-corrected chi connectivity index (χ2v) is 14.3. The summed E-state index contributed by atoms with van der Waals surface area (Å²) in [4.78, 5) is 75.0. The van der Waals surface area contributed by atoms with E-state index in [1.807, 2.05) is 19.1 Å². The van der Waals surface area contributed by atoms with Gasteiger partial charge in [0, 0.05) is 43.0 Å². The van der Waals surface area contributed by atoms with E-state index in [0.29, 0.717) is 30.0 Å². The van der Waals surface area contributed by atoms with Crippen LogP contribution in [-0.2, 0) is 33.5 Å². The summed E-state index contributed by atoms with van der Waals surface area (Å²) >= 11 is 6.23. The van der Waals surface area contributed by atoms with E-state index in [1.54, 1.807) is 19.1 Å². The molecule has 3 N–H and O–H groups in total. The number of Topliss-reactive ketones (excluding diaryl/α,β-unsaturated/α-hetero) is 1. The summed E-state index contributed by atoms with van der Waals surface area (Å²) in [6.07, 6.45) is 7.76. The number of carbonyl (C=O) groups excluding carboxylic acids is 5. The molecule has 1 aromatic rings. The van der Waals surface area contributed by atoms with Crippen LogP contribution in [0.2, 0.25) is 5.02 Å². The van der Waals surface area contributed by atoms with Crippen LogP contribution in [-0.4, -0.2) is 89.6 Å². The van der Waals surface area contributed by atoms with Crippen molar-refractivity contribution in [1.82, 2.24) is 20.9 Å². The second kappa shape index (κ2) is 15.8. The second-order valence-electron chi connectivity index (χ2n) is 13.8. The average molecular weight is 686 g/mol. The number of amides is 4. The van der Waals surface area contributed by atoms with E-state index >= 15 is 0 Å². The summed E-state index contributed by atoms with van der Waals surface area (Å²) in [5, 5.41) is 13.3. The van der Waals surface area contributed by atoms with Crippen LogP contribution in [0.3, 0.4) is 0 Å². The molecule has 12 nitrogen and oxygen atoms in total. The van der Waals surface area contributed by atoms with Gasteiger partial charge < -0.3 is 30.4 Å². The van der Waals surface area contributed by atoms with E-state index in [0.717, 1.165) is 44.1 Å². The van der Waals surface area contributed by atoms with Gasteiger partial charge in [-0.3, -0.25) is 24.0 Å². The molecule has 5 rings (SSSR count). The molecule has 1 aromatic carbocycles. The van der Waals surface area contributed by atoms with Gasteiger partial charge in [-0.2, -0.15) is 0 Å². The Morgan fingerprint density at radius 3 is 2.52 bits per heavy atom. The summed E-state index contributed by atoms with van der Waals surface area (Å²) in [6.45, 7) is 3.57. The van der Waals surface area contributed by atoms with Gasteiger partial charge in [-0.15, -0.1) is 0 Å². The number of halogens is 1. The zero-order valence-electron chi connectivity index (χ0n) is 28.1. The monoisotopic (exact) mass is 685 g/mol. The number of hydrogen-bond donors (Lipinski definition) is 3. The fourth-order valence-corrected chi connectivity index (χ4v) is 7.19. The first-order chi connectivity index (χ1) is 23.0. The Kier molecular flexibility index (Phi) is 11.8. The van der Waals surface area contributed by atoms with E-state index in [2.05, 4.69) is 21.1 Å². The zero-order chi connectivity index (χ0) is 34.4. The molecule has 48 heavy (non-hydrogen) atoms. The number of nitrogens with one attached hydrogen (secondary N) is 3. The topological polar surface area (TPSA) is 156 Å². The summed E-state index contributed by atoms with van der Waals surface area (Å²) in [6, 6.07) is 4.01. The first kappa shape index (κ1) is 35.8. The molecule has 3 fully saturated rings. The quantitative estimate of drug-likeness (QED) is 0.254. The molecule has 2 heterocycles. The number of ketones is 1. The van der Waals surface area contributed by atoms with Crippen molar-refractivity contribution >= 4 is 46.7 Å². The average Bonchev–Trinajstić information content (AvgIpc) is 3.67. The molecule has 1 spiro atoms. The number of nitrogens with zero attached hydrogens (tertiary/aromatic N) is 2. The van der Waals surface area contributed by atoms with Crippen LogP contribution in [0.25, 0.3) is 0 Å². The molecule has 2 aliphatic heterocycles. The molecule has 262 valence electrons. The number of rotatable bonds is 14. The van der Waals surface area contributed by atoms with Crippen LogP contribution in [0, 0.1) is 5.92 Å². The van der Waals surface area contributed by atoms with Crippen molar-refractivity contribution in [2.75, 3.05) is 13.7 Å². The molecule has 4 amide bonds. The minimum absolute atomic E-state index is 0.0107. The van der Waals surface area contributed by atoms with Gasteiger partial charge in [-0.1, -0.05) is 61.5 Å². The maximum atomic E-state index is 14.4. The van der Waals surface area contributed by atoms with Crippen molar-refractivity contribution in [3.05, 3.63) is 34.9 Å². The third-order valence-corrected chi connectivity index (χ3v) is 10.2. The predicted molar refractivity (Wildman–Crippen MR) is 179 cm³/mol. The lowest BCUT2D eigenvalue weighted by atomic mass is 9.87. The van der Waals surface area contributed by atoms with Crippen LogP contribution in [0.1, 0.15) is 96.5 Å². The van der Waals surface area contributed by atoms with E-state index in [1.165, 1.54) is 18.4 Å². The molecule has 0 aromatic heterocycles. The molecule has 0 radical (unpaired) electrons. The van der Waals surface area contributed by atoms with E-state index < -0.39 is 53.3 Å². The van der Waals surface area contributed by atoms with E-state index in [9.17, 15) is 24.0 Å².